The van der Waals surface area contributed by atoms with Gasteiger partial charge in [-0.05, 0) is 18.1 Å². The molecule has 0 aromatic heterocycles. The quantitative estimate of drug-likeness (QED) is 0.801. The van der Waals surface area contributed by atoms with Gasteiger partial charge in [-0.2, -0.15) is 0 Å². The van der Waals surface area contributed by atoms with E-state index in [4.69, 9.17) is 0 Å². The smallest absolute Gasteiger partial charge is 0.266 e. The second-order valence-corrected chi connectivity index (χ2v) is 5.58. The van der Waals surface area contributed by atoms with E-state index in [0.717, 1.165) is 0 Å². The lowest BCUT2D eigenvalue weighted by atomic mass is 10.1. The Bertz CT molecular complexity index is 512. The van der Waals surface area contributed by atoms with E-state index < -0.39 is 17.2 Å². The maximum absolute atomic E-state index is 13.6. The normalized spacial score (nSPS) is 22.2. The molecule has 1 aromatic rings. The number of thioether (sulfide) groups is 1. The first kappa shape index (κ1) is 14.8. The maximum Gasteiger partial charge on any atom is 0.266 e. The summed E-state index contributed by atoms with van der Waals surface area (Å²) < 4.78 is 13.6. The highest BCUT2D eigenvalue weighted by atomic mass is 32.2. The van der Waals surface area contributed by atoms with Crippen molar-refractivity contribution in [2.75, 3.05) is 12.9 Å². The van der Waals surface area contributed by atoms with Crippen LogP contribution in [0.25, 0.3) is 0 Å². The van der Waals surface area contributed by atoms with E-state index in [9.17, 15) is 14.0 Å². The van der Waals surface area contributed by atoms with Gasteiger partial charge in [-0.3, -0.25) is 14.4 Å². The summed E-state index contributed by atoms with van der Waals surface area (Å²) in [5.41, 5.74) is 2.68. The van der Waals surface area contributed by atoms with Gasteiger partial charge in [0.05, 0.1) is 12.4 Å². The Hall–Kier alpha value is -1.60. The molecule has 2 N–H and O–H groups in total. The molecule has 0 bridgehead atoms. The molecule has 0 spiro atoms. The third-order valence-electron chi connectivity index (χ3n) is 2.96. The Morgan fingerprint density at radius 3 is 2.95 bits per heavy atom. The summed E-state index contributed by atoms with van der Waals surface area (Å²) in [6.07, 6.45) is 0.307. The zero-order valence-electron chi connectivity index (χ0n) is 10.9. The highest BCUT2D eigenvalue weighted by Crippen LogP contribution is 2.23. The Labute approximate surface area is 120 Å². The third-order valence-corrected chi connectivity index (χ3v) is 4.26. The van der Waals surface area contributed by atoms with Gasteiger partial charge in [0.2, 0.25) is 5.91 Å². The van der Waals surface area contributed by atoms with Crippen molar-refractivity contribution in [1.82, 2.24) is 10.8 Å². The van der Waals surface area contributed by atoms with Crippen LogP contribution in [0.4, 0.5) is 4.39 Å². The monoisotopic (exact) mass is 298 g/mol. The number of amides is 2. The molecule has 2 amide bonds. The van der Waals surface area contributed by atoms with Crippen molar-refractivity contribution in [3.8, 4) is 0 Å². The van der Waals surface area contributed by atoms with Crippen LogP contribution in [-0.4, -0.2) is 36.0 Å². The van der Waals surface area contributed by atoms with Gasteiger partial charge in [0.25, 0.3) is 5.91 Å². The first-order valence-electron chi connectivity index (χ1n) is 6.10. The van der Waals surface area contributed by atoms with Gasteiger partial charge in [0.1, 0.15) is 11.9 Å². The lowest BCUT2D eigenvalue weighted by molar-refractivity contribution is -0.136. The van der Waals surface area contributed by atoms with Crippen molar-refractivity contribution in [3.05, 3.63) is 35.6 Å². The van der Waals surface area contributed by atoms with Crippen LogP contribution in [0.5, 0.6) is 0 Å². The second-order valence-electron chi connectivity index (χ2n) is 4.35. The SMILES string of the molecule is CONC(=O)[C@H]1CS[C@@H](Cc2ccccc2F)C(=O)N1. The minimum absolute atomic E-state index is 0.263. The van der Waals surface area contributed by atoms with Crippen LogP contribution in [0, 0.1) is 5.82 Å². The molecule has 1 aliphatic rings. The van der Waals surface area contributed by atoms with Crippen LogP contribution < -0.4 is 10.8 Å². The molecule has 7 heteroatoms. The molecule has 2 atom stereocenters. The first-order valence-corrected chi connectivity index (χ1v) is 7.15. The highest BCUT2D eigenvalue weighted by molar-refractivity contribution is 8.00. The van der Waals surface area contributed by atoms with E-state index in [0.29, 0.717) is 17.7 Å². The van der Waals surface area contributed by atoms with Gasteiger partial charge in [0, 0.05) is 5.75 Å². The third kappa shape index (κ3) is 3.49. The van der Waals surface area contributed by atoms with Crippen LogP contribution in [0.3, 0.4) is 0 Å². The number of nitrogens with one attached hydrogen (secondary N) is 2. The molecule has 0 saturated carbocycles. The molecule has 1 fully saturated rings. The van der Waals surface area contributed by atoms with E-state index in [-0.39, 0.29) is 11.7 Å². The number of halogens is 1. The maximum atomic E-state index is 13.6. The topological polar surface area (TPSA) is 67.4 Å². The molecule has 0 radical (unpaired) electrons. The number of rotatable bonds is 4. The van der Waals surface area contributed by atoms with Crippen molar-refractivity contribution in [2.24, 2.45) is 0 Å². The molecule has 1 aliphatic heterocycles. The fourth-order valence-electron chi connectivity index (χ4n) is 1.92. The van der Waals surface area contributed by atoms with Crippen LogP contribution in [0.1, 0.15) is 5.56 Å². The molecule has 5 nitrogen and oxygen atoms in total. The van der Waals surface area contributed by atoms with Gasteiger partial charge >= 0.3 is 0 Å². The molecule has 1 aromatic carbocycles. The molecule has 20 heavy (non-hydrogen) atoms. The summed E-state index contributed by atoms with van der Waals surface area (Å²) in [6.45, 7) is 0. The van der Waals surface area contributed by atoms with E-state index in [2.05, 4.69) is 15.6 Å². The van der Waals surface area contributed by atoms with Crippen LogP contribution in [0.15, 0.2) is 24.3 Å². The fraction of sp³-hybridized carbons (Fsp3) is 0.385. The zero-order valence-corrected chi connectivity index (χ0v) is 11.7. The number of hydrogen-bond acceptors (Lipinski definition) is 4. The van der Waals surface area contributed by atoms with Crippen LogP contribution >= 0.6 is 11.8 Å². The van der Waals surface area contributed by atoms with Gasteiger partial charge in [-0.15, -0.1) is 11.8 Å². The Balaban J connectivity index is 1.95. The molecule has 1 heterocycles. The number of hydroxylamine groups is 1. The number of carbonyl (C=O) groups excluding carboxylic acids is 2. The molecular weight excluding hydrogens is 283 g/mol. The molecule has 108 valence electrons. The predicted octanol–water partition coefficient (Wildman–Crippen LogP) is 0.646. The number of carbonyl (C=O) groups is 2. The fourth-order valence-corrected chi connectivity index (χ4v) is 3.10. The van der Waals surface area contributed by atoms with E-state index in [1.54, 1.807) is 18.2 Å². The highest BCUT2D eigenvalue weighted by Gasteiger charge is 2.32. The summed E-state index contributed by atoms with van der Waals surface area (Å²) in [4.78, 5) is 28.0. The molecule has 0 aliphatic carbocycles. The zero-order chi connectivity index (χ0) is 14.5. The lowest BCUT2D eigenvalue weighted by Gasteiger charge is -2.27. The van der Waals surface area contributed by atoms with Gasteiger partial charge in [0.15, 0.2) is 0 Å². The summed E-state index contributed by atoms with van der Waals surface area (Å²) in [6, 6.07) is 5.75. The Kier molecular flexibility index (Phi) is 4.97. The summed E-state index contributed by atoms with van der Waals surface area (Å²) in [7, 11) is 1.33. The minimum Gasteiger partial charge on any atom is -0.342 e. The van der Waals surface area contributed by atoms with E-state index in [1.165, 1.54) is 24.9 Å². The van der Waals surface area contributed by atoms with Crippen molar-refractivity contribution < 1.29 is 18.8 Å². The first-order chi connectivity index (χ1) is 9.61. The van der Waals surface area contributed by atoms with Crippen molar-refractivity contribution in [3.63, 3.8) is 0 Å². The molecule has 2 rings (SSSR count). The summed E-state index contributed by atoms with van der Waals surface area (Å²) in [5.74, 6) is -0.543. The average molecular weight is 298 g/mol. The lowest BCUT2D eigenvalue weighted by Crippen LogP contribution is -2.54. The predicted molar refractivity (Wildman–Crippen MR) is 73.4 cm³/mol. The van der Waals surface area contributed by atoms with Crippen molar-refractivity contribution in [2.45, 2.75) is 17.7 Å². The van der Waals surface area contributed by atoms with Crippen molar-refractivity contribution >= 4 is 23.6 Å². The number of hydrogen-bond donors (Lipinski definition) is 2. The number of benzene rings is 1. The molecule has 0 unspecified atom stereocenters. The Morgan fingerprint density at radius 2 is 2.30 bits per heavy atom. The van der Waals surface area contributed by atoms with E-state index in [1.807, 2.05) is 0 Å². The van der Waals surface area contributed by atoms with Gasteiger partial charge < -0.3 is 5.32 Å². The van der Waals surface area contributed by atoms with Gasteiger partial charge in [-0.1, -0.05) is 18.2 Å². The van der Waals surface area contributed by atoms with Crippen LogP contribution in [0.2, 0.25) is 0 Å². The standard InChI is InChI=1S/C13H15FN2O3S/c1-19-16-12(17)10-7-20-11(13(18)15-10)6-8-4-2-3-5-9(8)14/h2-5,10-11H,6-7H2,1H3,(H,15,18)(H,16,17)/t10-,11+/m1/s1. The summed E-state index contributed by atoms with van der Waals surface area (Å²) in [5, 5.41) is 2.23. The van der Waals surface area contributed by atoms with Crippen molar-refractivity contribution in [1.29, 1.82) is 0 Å². The second kappa shape index (κ2) is 6.71. The largest absolute Gasteiger partial charge is 0.342 e. The Morgan fingerprint density at radius 1 is 1.55 bits per heavy atom. The minimum atomic E-state index is -0.621. The van der Waals surface area contributed by atoms with Gasteiger partial charge in [-0.25, -0.2) is 9.87 Å². The summed E-state index contributed by atoms with van der Waals surface area (Å²) >= 11 is 1.34. The molecular formula is C13H15FN2O3S. The van der Waals surface area contributed by atoms with E-state index >= 15 is 0 Å². The average Bonchev–Trinajstić information content (AvgIpc) is 2.43. The van der Waals surface area contributed by atoms with Crippen LogP contribution in [-0.2, 0) is 20.8 Å². The molecule has 1 saturated heterocycles.